The lowest BCUT2D eigenvalue weighted by Gasteiger charge is -2.03. The van der Waals surface area contributed by atoms with Gasteiger partial charge in [-0.25, -0.2) is 4.79 Å². The Morgan fingerprint density at radius 3 is 2.00 bits per heavy atom. The van der Waals surface area contributed by atoms with Gasteiger partial charge < -0.3 is 4.74 Å². The first-order chi connectivity index (χ1) is 11.2. The summed E-state index contributed by atoms with van der Waals surface area (Å²) < 4.78 is 4.68. The quantitative estimate of drug-likeness (QED) is 0.296. The fourth-order valence-electron chi connectivity index (χ4n) is 2.63. The molecule has 0 bridgehead atoms. The number of hydrogen-bond acceptors (Lipinski definition) is 3. The van der Waals surface area contributed by atoms with Crippen LogP contribution in [0, 0.1) is 0 Å². The van der Waals surface area contributed by atoms with Crippen molar-refractivity contribution in [1.82, 2.24) is 0 Å². The van der Waals surface area contributed by atoms with Gasteiger partial charge in [-0.1, -0.05) is 68.9 Å². The summed E-state index contributed by atoms with van der Waals surface area (Å²) in [7, 11) is 0. The van der Waals surface area contributed by atoms with Crippen LogP contribution in [0.5, 0.6) is 0 Å². The predicted octanol–water partition coefficient (Wildman–Crippen LogP) is 4.87. The van der Waals surface area contributed by atoms with Crippen LogP contribution in [0.3, 0.4) is 0 Å². The Labute approximate surface area is 140 Å². The van der Waals surface area contributed by atoms with E-state index >= 15 is 0 Å². The Balaban J connectivity index is 1.86. The maximum Gasteiger partial charge on any atom is 0.374 e. The molecule has 0 atom stereocenters. The maximum atomic E-state index is 11.4. The van der Waals surface area contributed by atoms with Crippen LogP contribution in [-0.2, 0) is 20.7 Å². The van der Waals surface area contributed by atoms with E-state index < -0.39 is 5.97 Å². The van der Waals surface area contributed by atoms with E-state index in [1.165, 1.54) is 44.1 Å². The molecule has 0 unspecified atom stereocenters. The number of carbonyl (C=O) groups excluding carboxylic acids is 2. The standard InChI is InChI=1S/C20H30O3/c1-2-23-20(22)19(21)17-13-8-6-4-3-5-7-10-14-18-15-11-9-12-16-18/h9,11-12,15-16H,2-8,10,13-14,17H2,1H3. The smallest absolute Gasteiger partial charge is 0.374 e. The highest BCUT2D eigenvalue weighted by Gasteiger charge is 2.13. The molecule has 0 fully saturated rings. The summed E-state index contributed by atoms with van der Waals surface area (Å²) in [6.07, 6.45) is 10.8. The van der Waals surface area contributed by atoms with Crippen LogP contribution in [0.2, 0.25) is 0 Å². The van der Waals surface area contributed by atoms with Crippen molar-refractivity contribution in [3.05, 3.63) is 35.9 Å². The summed E-state index contributed by atoms with van der Waals surface area (Å²) in [5.74, 6) is -1.06. The lowest BCUT2D eigenvalue weighted by molar-refractivity contribution is -0.153. The van der Waals surface area contributed by atoms with Gasteiger partial charge in [-0.05, 0) is 31.7 Å². The summed E-state index contributed by atoms with van der Waals surface area (Å²) >= 11 is 0. The number of carbonyl (C=O) groups is 2. The van der Waals surface area contributed by atoms with E-state index in [4.69, 9.17) is 0 Å². The highest BCUT2D eigenvalue weighted by atomic mass is 16.5. The summed E-state index contributed by atoms with van der Waals surface area (Å²) in [6.45, 7) is 1.99. The fourth-order valence-corrected chi connectivity index (χ4v) is 2.63. The number of unbranched alkanes of at least 4 members (excludes halogenated alkanes) is 7. The van der Waals surface area contributed by atoms with Crippen molar-refractivity contribution in [3.63, 3.8) is 0 Å². The van der Waals surface area contributed by atoms with Gasteiger partial charge in [-0.15, -0.1) is 0 Å². The molecule has 0 amide bonds. The number of ketones is 1. The van der Waals surface area contributed by atoms with E-state index in [0.29, 0.717) is 6.42 Å². The first kappa shape index (κ1) is 19.4. The third-order valence-electron chi connectivity index (χ3n) is 3.97. The number of Topliss-reactive ketones (excluding diaryl/α,β-unsaturated/α-hetero) is 1. The van der Waals surface area contributed by atoms with E-state index in [2.05, 4.69) is 35.1 Å². The van der Waals surface area contributed by atoms with Crippen molar-refractivity contribution < 1.29 is 14.3 Å². The molecular formula is C20H30O3. The third kappa shape index (κ3) is 9.88. The Hall–Kier alpha value is -1.64. The molecule has 128 valence electrons. The Morgan fingerprint density at radius 2 is 1.39 bits per heavy atom. The topological polar surface area (TPSA) is 43.4 Å². The van der Waals surface area contributed by atoms with Crippen molar-refractivity contribution in [1.29, 1.82) is 0 Å². The molecule has 0 aliphatic heterocycles. The summed E-state index contributed by atoms with van der Waals surface area (Å²) in [5.41, 5.74) is 1.43. The van der Waals surface area contributed by atoms with E-state index in [9.17, 15) is 9.59 Å². The Morgan fingerprint density at radius 1 is 0.826 bits per heavy atom. The number of ether oxygens (including phenoxy) is 1. The molecule has 0 saturated heterocycles. The highest BCUT2D eigenvalue weighted by molar-refractivity contribution is 6.33. The van der Waals surface area contributed by atoms with Gasteiger partial charge in [0.25, 0.3) is 0 Å². The largest absolute Gasteiger partial charge is 0.460 e. The van der Waals surface area contributed by atoms with Gasteiger partial charge in [0.05, 0.1) is 6.61 Å². The molecule has 0 aliphatic rings. The van der Waals surface area contributed by atoms with E-state index in [1.807, 2.05) is 0 Å². The van der Waals surface area contributed by atoms with Crippen molar-refractivity contribution in [3.8, 4) is 0 Å². The molecule has 0 N–H and O–H groups in total. The van der Waals surface area contributed by atoms with Gasteiger partial charge in [0.1, 0.15) is 0 Å². The normalized spacial score (nSPS) is 10.5. The second-order valence-electron chi connectivity index (χ2n) is 5.96. The van der Waals surface area contributed by atoms with E-state index in [0.717, 1.165) is 19.3 Å². The van der Waals surface area contributed by atoms with Gasteiger partial charge >= 0.3 is 5.97 Å². The minimum atomic E-state index is -0.675. The summed E-state index contributed by atoms with van der Waals surface area (Å²) in [5, 5.41) is 0. The lowest BCUT2D eigenvalue weighted by Crippen LogP contribution is -2.16. The highest BCUT2D eigenvalue weighted by Crippen LogP contribution is 2.12. The molecule has 0 radical (unpaired) electrons. The third-order valence-corrected chi connectivity index (χ3v) is 3.97. The Kier molecular flexibility index (Phi) is 10.9. The van der Waals surface area contributed by atoms with Gasteiger partial charge in [0.15, 0.2) is 0 Å². The van der Waals surface area contributed by atoms with Gasteiger partial charge in [-0.2, -0.15) is 0 Å². The molecule has 0 heterocycles. The molecule has 1 rings (SSSR count). The van der Waals surface area contributed by atoms with E-state index in [-0.39, 0.29) is 12.4 Å². The minimum Gasteiger partial charge on any atom is -0.460 e. The van der Waals surface area contributed by atoms with E-state index in [1.54, 1.807) is 6.92 Å². The molecule has 3 heteroatoms. The molecule has 0 saturated carbocycles. The van der Waals surface area contributed by atoms with Crippen molar-refractivity contribution in [2.24, 2.45) is 0 Å². The van der Waals surface area contributed by atoms with Crippen molar-refractivity contribution in [2.75, 3.05) is 6.61 Å². The predicted molar refractivity (Wildman–Crippen MR) is 93.3 cm³/mol. The number of esters is 1. The minimum absolute atomic E-state index is 0.273. The average Bonchev–Trinajstić information content (AvgIpc) is 2.57. The second kappa shape index (κ2) is 12.9. The monoisotopic (exact) mass is 318 g/mol. The van der Waals surface area contributed by atoms with Gasteiger partial charge in [-0.3, -0.25) is 4.79 Å². The van der Waals surface area contributed by atoms with Crippen LogP contribution >= 0.6 is 0 Å². The molecule has 3 nitrogen and oxygen atoms in total. The zero-order valence-electron chi connectivity index (χ0n) is 14.4. The van der Waals surface area contributed by atoms with Crippen LogP contribution in [0.25, 0.3) is 0 Å². The van der Waals surface area contributed by atoms with Crippen LogP contribution in [0.1, 0.15) is 70.3 Å². The van der Waals surface area contributed by atoms with Crippen LogP contribution in [0.4, 0.5) is 0 Å². The summed E-state index contributed by atoms with van der Waals surface area (Å²) in [4.78, 5) is 22.5. The van der Waals surface area contributed by atoms with Crippen LogP contribution in [-0.4, -0.2) is 18.4 Å². The SMILES string of the molecule is CCOC(=O)C(=O)CCCCCCCCCCc1ccccc1. The molecule has 1 aromatic carbocycles. The molecule has 23 heavy (non-hydrogen) atoms. The maximum absolute atomic E-state index is 11.4. The average molecular weight is 318 g/mol. The molecule has 0 aliphatic carbocycles. The lowest BCUT2D eigenvalue weighted by atomic mass is 10.0. The molecule has 0 spiro atoms. The zero-order chi connectivity index (χ0) is 16.8. The summed E-state index contributed by atoms with van der Waals surface area (Å²) in [6, 6.07) is 10.6. The van der Waals surface area contributed by atoms with Gasteiger partial charge in [0.2, 0.25) is 5.78 Å². The van der Waals surface area contributed by atoms with Crippen molar-refractivity contribution >= 4 is 11.8 Å². The van der Waals surface area contributed by atoms with Crippen LogP contribution < -0.4 is 0 Å². The zero-order valence-corrected chi connectivity index (χ0v) is 14.4. The molecule has 1 aromatic rings. The van der Waals surface area contributed by atoms with Crippen molar-refractivity contribution in [2.45, 2.75) is 71.1 Å². The first-order valence-corrected chi connectivity index (χ1v) is 8.98. The van der Waals surface area contributed by atoms with Crippen LogP contribution in [0.15, 0.2) is 30.3 Å². The van der Waals surface area contributed by atoms with Gasteiger partial charge in [0, 0.05) is 6.42 Å². The number of hydrogen-bond donors (Lipinski definition) is 0. The molecular weight excluding hydrogens is 288 g/mol. The Bertz CT molecular complexity index is 439. The molecule has 0 aromatic heterocycles. The fraction of sp³-hybridized carbons (Fsp3) is 0.600. The second-order valence-corrected chi connectivity index (χ2v) is 5.96. The number of aryl methyl sites for hydroxylation is 1. The first-order valence-electron chi connectivity index (χ1n) is 8.98. The number of benzene rings is 1. The number of rotatable bonds is 13.